The topological polar surface area (TPSA) is 28.2 Å². The van der Waals surface area contributed by atoms with E-state index < -0.39 is 0 Å². The molecule has 2 bridgehead atoms. The standard InChI is InChI=1S/C14H21N3/c1-17-13-4-5-14(17)8-12(7-13)16-10-11-3-2-6-15-9-11/h2-3,6,9,12-14,16H,4-5,7-8,10H2,1H3/t13-,14-/m1/s1. The summed E-state index contributed by atoms with van der Waals surface area (Å²) in [4.78, 5) is 6.74. The van der Waals surface area contributed by atoms with Crippen molar-refractivity contribution in [1.29, 1.82) is 0 Å². The Bertz CT molecular complexity index is 351. The molecule has 0 unspecified atom stereocenters. The molecule has 0 spiro atoms. The van der Waals surface area contributed by atoms with Crippen LogP contribution in [0.15, 0.2) is 24.5 Å². The Balaban J connectivity index is 1.54. The van der Waals surface area contributed by atoms with Gasteiger partial charge in [0.2, 0.25) is 0 Å². The molecular formula is C14H21N3. The summed E-state index contributed by atoms with van der Waals surface area (Å²) < 4.78 is 0. The Morgan fingerprint density at radius 2 is 2.12 bits per heavy atom. The van der Waals surface area contributed by atoms with E-state index >= 15 is 0 Å². The van der Waals surface area contributed by atoms with Crippen LogP contribution in [0.4, 0.5) is 0 Å². The van der Waals surface area contributed by atoms with Crippen molar-refractivity contribution in [3.63, 3.8) is 0 Å². The molecule has 2 saturated heterocycles. The van der Waals surface area contributed by atoms with Gasteiger partial charge in [0.15, 0.2) is 0 Å². The van der Waals surface area contributed by atoms with Crippen molar-refractivity contribution in [2.24, 2.45) is 0 Å². The van der Waals surface area contributed by atoms with Crippen LogP contribution in [-0.4, -0.2) is 35.1 Å². The average molecular weight is 231 g/mol. The van der Waals surface area contributed by atoms with Gasteiger partial charge in [-0.15, -0.1) is 0 Å². The van der Waals surface area contributed by atoms with Gasteiger partial charge in [-0.2, -0.15) is 0 Å². The molecule has 2 atom stereocenters. The van der Waals surface area contributed by atoms with E-state index in [0.717, 1.165) is 18.6 Å². The summed E-state index contributed by atoms with van der Waals surface area (Å²) in [6, 6.07) is 6.49. The predicted octanol–water partition coefficient (Wildman–Crippen LogP) is 1.80. The zero-order valence-electron chi connectivity index (χ0n) is 10.5. The van der Waals surface area contributed by atoms with Crippen molar-refractivity contribution >= 4 is 0 Å². The number of piperidine rings is 1. The van der Waals surface area contributed by atoms with E-state index in [1.165, 1.54) is 31.2 Å². The summed E-state index contributed by atoms with van der Waals surface area (Å²) in [5, 5.41) is 3.69. The molecule has 1 aromatic heterocycles. The zero-order chi connectivity index (χ0) is 11.7. The fraction of sp³-hybridized carbons (Fsp3) is 0.643. The van der Waals surface area contributed by atoms with E-state index in [0.29, 0.717) is 6.04 Å². The monoisotopic (exact) mass is 231 g/mol. The summed E-state index contributed by atoms with van der Waals surface area (Å²) in [5.74, 6) is 0. The first-order valence-electron chi connectivity index (χ1n) is 6.67. The second kappa shape index (κ2) is 4.75. The van der Waals surface area contributed by atoms with Gasteiger partial charge in [-0.3, -0.25) is 4.98 Å². The number of rotatable bonds is 3. The molecule has 1 aromatic rings. The molecule has 92 valence electrons. The van der Waals surface area contributed by atoms with Gasteiger partial charge in [0.25, 0.3) is 0 Å². The Morgan fingerprint density at radius 3 is 2.76 bits per heavy atom. The van der Waals surface area contributed by atoms with Gasteiger partial charge in [0.1, 0.15) is 0 Å². The molecule has 0 radical (unpaired) electrons. The van der Waals surface area contributed by atoms with Crippen LogP contribution in [0.3, 0.4) is 0 Å². The van der Waals surface area contributed by atoms with Crippen LogP contribution >= 0.6 is 0 Å². The van der Waals surface area contributed by atoms with Crippen molar-refractivity contribution in [3.8, 4) is 0 Å². The van der Waals surface area contributed by atoms with E-state index in [-0.39, 0.29) is 0 Å². The summed E-state index contributed by atoms with van der Waals surface area (Å²) in [7, 11) is 2.29. The Labute approximate surface area is 103 Å². The molecule has 1 N–H and O–H groups in total. The highest BCUT2D eigenvalue weighted by molar-refractivity contribution is 5.08. The first kappa shape index (κ1) is 11.2. The fourth-order valence-electron chi connectivity index (χ4n) is 3.34. The molecule has 17 heavy (non-hydrogen) atoms. The molecule has 2 fully saturated rings. The van der Waals surface area contributed by atoms with Crippen molar-refractivity contribution in [2.75, 3.05) is 7.05 Å². The number of hydrogen-bond acceptors (Lipinski definition) is 3. The van der Waals surface area contributed by atoms with Gasteiger partial charge >= 0.3 is 0 Å². The van der Waals surface area contributed by atoms with Crippen LogP contribution in [0.25, 0.3) is 0 Å². The van der Waals surface area contributed by atoms with E-state index in [4.69, 9.17) is 0 Å². The molecule has 3 heterocycles. The third-order valence-corrected chi connectivity index (χ3v) is 4.42. The lowest BCUT2D eigenvalue weighted by Crippen LogP contribution is -2.46. The van der Waals surface area contributed by atoms with Gasteiger partial charge in [-0.05, 0) is 44.4 Å². The highest BCUT2D eigenvalue weighted by Gasteiger charge is 2.37. The smallest absolute Gasteiger partial charge is 0.0312 e. The van der Waals surface area contributed by atoms with Crippen LogP contribution in [-0.2, 0) is 6.54 Å². The summed E-state index contributed by atoms with van der Waals surface area (Å²) >= 11 is 0. The quantitative estimate of drug-likeness (QED) is 0.859. The largest absolute Gasteiger partial charge is 0.310 e. The van der Waals surface area contributed by atoms with E-state index in [2.05, 4.69) is 28.3 Å². The molecule has 0 aliphatic carbocycles. The Hall–Kier alpha value is -0.930. The first-order chi connectivity index (χ1) is 8.33. The lowest BCUT2D eigenvalue weighted by atomic mass is 9.98. The first-order valence-corrected chi connectivity index (χ1v) is 6.67. The molecule has 3 heteroatoms. The maximum absolute atomic E-state index is 4.15. The number of hydrogen-bond donors (Lipinski definition) is 1. The van der Waals surface area contributed by atoms with Crippen molar-refractivity contribution < 1.29 is 0 Å². The number of pyridine rings is 1. The van der Waals surface area contributed by atoms with E-state index in [1.807, 2.05) is 18.5 Å². The SMILES string of the molecule is CN1[C@@H]2CC[C@@H]1CC(NCc1cccnc1)C2. The highest BCUT2D eigenvalue weighted by Crippen LogP contribution is 2.34. The van der Waals surface area contributed by atoms with Gasteiger partial charge < -0.3 is 10.2 Å². The predicted molar refractivity (Wildman–Crippen MR) is 68.7 cm³/mol. The van der Waals surface area contributed by atoms with E-state index in [9.17, 15) is 0 Å². The van der Waals surface area contributed by atoms with Crippen LogP contribution < -0.4 is 5.32 Å². The highest BCUT2D eigenvalue weighted by atomic mass is 15.2. The van der Waals surface area contributed by atoms with E-state index in [1.54, 1.807) is 0 Å². The third-order valence-electron chi connectivity index (χ3n) is 4.42. The zero-order valence-corrected chi connectivity index (χ0v) is 10.5. The molecule has 0 saturated carbocycles. The maximum atomic E-state index is 4.15. The summed E-state index contributed by atoms with van der Waals surface area (Å²) in [6.45, 7) is 0.960. The van der Waals surface area contributed by atoms with Crippen LogP contribution in [0.5, 0.6) is 0 Å². The van der Waals surface area contributed by atoms with Crippen LogP contribution in [0.2, 0.25) is 0 Å². The molecule has 3 nitrogen and oxygen atoms in total. The minimum Gasteiger partial charge on any atom is -0.310 e. The molecule has 2 aliphatic heterocycles. The van der Waals surface area contributed by atoms with Gasteiger partial charge in [-0.25, -0.2) is 0 Å². The Kier molecular flexibility index (Phi) is 3.12. The van der Waals surface area contributed by atoms with Gasteiger partial charge in [-0.1, -0.05) is 6.07 Å². The number of nitrogens with one attached hydrogen (secondary N) is 1. The minimum atomic E-state index is 0.698. The summed E-state index contributed by atoms with van der Waals surface area (Å²) in [5.41, 5.74) is 1.29. The summed E-state index contributed by atoms with van der Waals surface area (Å²) in [6.07, 6.45) is 9.20. The minimum absolute atomic E-state index is 0.698. The van der Waals surface area contributed by atoms with Crippen molar-refractivity contribution in [1.82, 2.24) is 15.2 Å². The maximum Gasteiger partial charge on any atom is 0.0312 e. The van der Waals surface area contributed by atoms with Crippen LogP contribution in [0, 0.1) is 0 Å². The van der Waals surface area contributed by atoms with Gasteiger partial charge in [0, 0.05) is 37.1 Å². The number of fused-ring (bicyclic) bond motifs is 2. The van der Waals surface area contributed by atoms with Crippen molar-refractivity contribution in [3.05, 3.63) is 30.1 Å². The molecule has 3 rings (SSSR count). The van der Waals surface area contributed by atoms with Crippen molar-refractivity contribution in [2.45, 2.75) is 50.4 Å². The lowest BCUT2D eigenvalue weighted by Gasteiger charge is -2.36. The Morgan fingerprint density at radius 1 is 1.35 bits per heavy atom. The molecule has 2 aliphatic rings. The second-order valence-corrected chi connectivity index (χ2v) is 5.46. The number of aromatic nitrogens is 1. The second-order valence-electron chi connectivity index (χ2n) is 5.46. The third kappa shape index (κ3) is 2.35. The molecule has 0 aromatic carbocycles. The number of nitrogens with zero attached hydrogens (tertiary/aromatic N) is 2. The average Bonchev–Trinajstić information content (AvgIpc) is 2.61. The van der Waals surface area contributed by atoms with Crippen LogP contribution in [0.1, 0.15) is 31.2 Å². The molecule has 0 amide bonds. The lowest BCUT2D eigenvalue weighted by molar-refractivity contribution is 0.148. The van der Waals surface area contributed by atoms with Gasteiger partial charge in [0.05, 0.1) is 0 Å². The molecular weight excluding hydrogens is 210 g/mol. The fourth-order valence-corrected chi connectivity index (χ4v) is 3.34. The normalized spacial score (nSPS) is 32.9.